The number of carboxylic acids is 1. The number of carbonyl (C=O) groups excluding carboxylic acids is 1. The summed E-state index contributed by atoms with van der Waals surface area (Å²) in [5, 5.41) is 15.3. The van der Waals surface area contributed by atoms with Gasteiger partial charge in [0.25, 0.3) is 0 Å². The maximum atomic E-state index is 12.8. The average molecular weight is 514 g/mol. The van der Waals surface area contributed by atoms with Crippen molar-refractivity contribution in [1.82, 2.24) is 0 Å². The summed E-state index contributed by atoms with van der Waals surface area (Å²) in [4.78, 5) is 24.6. The van der Waals surface area contributed by atoms with Gasteiger partial charge in [-0.3, -0.25) is 0 Å². The number of carboxylic acid groups (broad SMARTS) is 1. The van der Waals surface area contributed by atoms with E-state index in [2.05, 4.69) is 10.6 Å². The van der Waals surface area contributed by atoms with E-state index < -0.39 is 35.4 Å². The molecule has 1 aliphatic carbocycles. The highest BCUT2D eigenvalue weighted by Gasteiger charge is 2.32. The molecule has 192 valence electrons. The lowest BCUT2D eigenvalue weighted by Crippen LogP contribution is -2.24. The molecule has 6 nitrogen and oxygen atoms in total. The highest BCUT2D eigenvalue weighted by molar-refractivity contribution is 5.95. The molecule has 0 heterocycles. The molecule has 0 aromatic heterocycles. The monoisotopic (exact) mass is 514 g/mol. The summed E-state index contributed by atoms with van der Waals surface area (Å²) in [5.41, 5.74) is -1.41. The van der Waals surface area contributed by atoms with Crippen molar-refractivity contribution in [3.05, 3.63) is 82.2 Å². The molecule has 1 aliphatic rings. The average Bonchev–Trinajstić information content (AvgIpc) is 2.79. The van der Waals surface area contributed by atoms with Crippen LogP contribution in [0.3, 0.4) is 0 Å². The Morgan fingerprint density at radius 2 is 1.17 bits per heavy atom. The molecule has 2 aromatic rings. The second-order valence-electron chi connectivity index (χ2n) is 7.69. The smallest absolute Gasteiger partial charge is 0.416 e. The number of nitrogens with one attached hydrogen (secondary N) is 2. The Labute approximate surface area is 201 Å². The standard InChI is InChI=1S/C24H20F6N2O4/c1-2-36-22(35)18-12-19(31-15-7-3-13(4-8-15)23(25,26)27)17(21(33)34)11-20(18)32-16-9-5-14(6-10-16)24(28,29)30/h3-10,31-32H,2,11-12H2,1H3,(H,33,34). The number of aliphatic carboxylic acids is 1. The zero-order valence-corrected chi connectivity index (χ0v) is 18.7. The Morgan fingerprint density at radius 3 is 1.53 bits per heavy atom. The fourth-order valence-electron chi connectivity index (χ4n) is 3.47. The Bertz CT molecular complexity index is 1200. The van der Waals surface area contributed by atoms with Gasteiger partial charge in [-0.15, -0.1) is 0 Å². The number of benzene rings is 2. The van der Waals surface area contributed by atoms with Gasteiger partial charge in [-0.2, -0.15) is 26.3 Å². The zero-order chi connectivity index (χ0) is 26.7. The number of carbonyl (C=O) groups is 2. The number of rotatable bonds is 7. The highest BCUT2D eigenvalue weighted by atomic mass is 19.4. The molecular weight excluding hydrogens is 494 g/mol. The summed E-state index contributed by atoms with van der Waals surface area (Å²) >= 11 is 0. The molecule has 0 spiro atoms. The van der Waals surface area contributed by atoms with Gasteiger partial charge in [-0.25, -0.2) is 9.59 Å². The number of ether oxygens (including phenoxy) is 1. The first-order chi connectivity index (χ1) is 16.8. The fraction of sp³-hybridized carbons (Fsp3) is 0.250. The highest BCUT2D eigenvalue weighted by Crippen LogP contribution is 2.35. The van der Waals surface area contributed by atoms with Crippen LogP contribution in [0, 0.1) is 0 Å². The van der Waals surface area contributed by atoms with Crippen LogP contribution in [0.5, 0.6) is 0 Å². The normalized spacial score (nSPS) is 14.5. The number of anilines is 2. The van der Waals surface area contributed by atoms with Crippen LogP contribution < -0.4 is 10.6 Å². The molecule has 3 rings (SSSR count). The molecule has 0 fully saturated rings. The Morgan fingerprint density at radius 1 is 0.778 bits per heavy atom. The number of hydrogen-bond acceptors (Lipinski definition) is 5. The van der Waals surface area contributed by atoms with Gasteiger partial charge in [-0.05, 0) is 55.5 Å². The number of alkyl halides is 6. The SMILES string of the molecule is CCOC(=O)C1=C(Nc2ccc(C(F)(F)F)cc2)CC(C(=O)O)=C(Nc2ccc(C(F)(F)F)cc2)C1. The topological polar surface area (TPSA) is 87.7 Å². The van der Waals surface area contributed by atoms with E-state index >= 15 is 0 Å². The molecule has 0 atom stereocenters. The predicted molar refractivity (Wildman–Crippen MR) is 118 cm³/mol. The second-order valence-corrected chi connectivity index (χ2v) is 7.69. The maximum Gasteiger partial charge on any atom is 0.416 e. The lowest BCUT2D eigenvalue weighted by atomic mass is 9.92. The summed E-state index contributed by atoms with van der Waals surface area (Å²) in [6.07, 6.45) is -9.69. The third-order valence-electron chi connectivity index (χ3n) is 5.23. The molecule has 0 saturated carbocycles. The van der Waals surface area contributed by atoms with Gasteiger partial charge < -0.3 is 20.5 Å². The van der Waals surface area contributed by atoms with Gasteiger partial charge in [-0.1, -0.05) is 0 Å². The van der Waals surface area contributed by atoms with Crippen molar-refractivity contribution in [2.75, 3.05) is 17.2 Å². The van der Waals surface area contributed by atoms with E-state index in [0.717, 1.165) is 48.5 Å². The van der Waals surface area contributed by atoms with Crippen LogP contribution >= 0.6 is 0 Å². The van der Waals surface area contributed by atoms with Gasteiger partial charge in [0.15, 0.2) is 0 Å². The quantitative estimate of drug-likeness (QED) is 0.301. The number of allylic oxidation sites excluding steroid dienone is 2. The zero-order valence-electron chi connectivity index (χ0n) is 18.7. The molecule has 0 bridgehead atoms. The summed E-state index contributed by atoms with van der Waals surface area (Å²) in [6.45, 7) is 1.57. The second kappa shape index (κ2) is 10.3. The first-order valence-electron chi connectivity index (χ1n) is 10.5. The van der Waals surface area contributed by atoms with Gasteiger partial charge in [0.1, 0.15) is 0 Å². The summed E-state index contributed by atoms with van der Waals surface area (Å²) in [6, 6.07) is 7.84. The summed E-state index contributed by atoms with van der Waals surface area (Å²) in [5.74, 6) is -2.12. The van der Waals surface area contributed by atoms with Crippen molar-refractivity contribution in [1.29, 1.82) is 0 Å². The summed E-state index contributed by atoms with van der Waals surface area (Å²) < 4.78 is 82.1. The van der Waals surface area contributed by atoms with Crippen LogP contribution in [0.25, 0.3) is 0 Å². The van der Waals surface area contributed by atoms with Crippen molar-refractivity contribution >= 4 is 23.3 Å². The molecule has 0 saturated heterocycles. The fourth-order valence-corrected chi connectivity index (χ4v) is 3.47. The van der Waals surface area contributed by atoms with E-state index in [0.29, 0.717) is 0 Å². The van der Waals surface area contributed by atoms with E-state index in [4.69, 9.17) is 4.74 Å². The van der Waals surface area contributed by atoms with Crippen molar-refractivity contribution in [3.8, 4) is 0 Å². The number of halogens is 6. The molecule has 36 heavy (non-hydrogen) atoms. The Hall–Kier alpha value is -3.96. The van der Waals surface area contributed by atoms with Crippen molar-refractivity contribution in [2.24, 2.45) is 0 Å². The first-order valence-corrected chi connectivity index (χ1v) is 10.5. The van der Waals surface area contributed by atoms with E-state index in [9.17, 15) is 41.0 Å². The van der Waals surface area contributed by atoms with Gasteiger partial charge >= 0.3 is 24.3 Å². The molecule has 0 unspecified atom stereocenters. The lowest BCUT2D eigenvalue weighted by molar-refractivity contribution is -0.139. The molecule has 12 heteroatoms. The van der Waals surface area contributed by atoms with E-state index in [1.165, 1.54) is 0 Å². The third-order valence-corrected chi connectivity index (χ3v) is 5.23. The van der Waals surface area contributed by atoms with Crippen LogP contribution in [0.4, 0.5) is 37.7 Å². The van der Waals surface area contributed by atoms with Gasteiger partial charge in [0, 0.05) is 35.6 Å². The molecule has 0 radical (unpaired) electrons. The predicted octanol–water partition coefficient (Wildman–Crippen LogP) is 6.20. The van der Waals surface area contributed by atoms with E-state index in [1.54, 1.807) is 6.92 Å². The molecular formula is C24H20F6N2O4. The van der Waals surface area contributed by atoms with Crippen molar-refractivity contribution in [3.63, 3.8) is 0 Å². The molecule has 0 amide bonds. The Kier molecular flexibility index (Phi) is 7.65. The Balaban J connectivity index is 1.92. The van der Waals surface area contributed by atoms with Crippen molar-refractivity contribution < 1.29 is 45.8 Å². The van der Waals surface area contributed by atoms with Crippen LogP contribution in [0.15, 0.2) is 71.1 Å². The maximum absolute atomic E-state index is 12.8. The third kappa shape index (κ3) is 6.37. The minimum Gasteiger partial charge on any atom is -0.478 e. The first kappa shape index (κ1) is 26.6. The number of hydrogen-bond donors (Lipinski definition) is 3. The van der Waals surface area contributed by atoms with Crippen molar-refractivity contribution in [2.45, 2.75) is 32.1 Å². The summed E-state index contributed by atoms with van der Waals surface area (Å²) in [7, 11) is 0. The molecule has 3 N–H and O–H groups in total. The van der Waals surface area contributed by atoms with Crippen LogP contribution in [0.1, 0.15) is 30.9 Å². The lowest BCUT2D eigenvalue weighted by Gasteiger charge is -2.25. The van der Waals surface area contributed by atoms with E-state index in [1.807, 2.05) is 0 Å². The minimum atomic E-state index is -4.55. The van der Waals surface area contributed by atoms with Gasteiger partial charge in [0.05, 0.1) is 28.9 Å². The molecule has 2 aromatic carbocycles. The largest absolute Gasteiger partial charge is 0.478 e. The minimum absolute atomic E-state index is 0.00701. The molecule has 0 aliphatic heterocycles. The van der Waals surface area contributed by atoms with Gasteiger partial charge in [0.2, 0.25) is 0 Å². The van der Waals surface area contributed by atoms with Crippen LogP contribution in [-0.4, -0.2) is 23.7 Å². The van der Waals surface area contributed by atoms with Crippen LogP contribution in [-0.2, 0) is 26.7 Å². The van der Waals surface area contributed by atoms with E-state index in [-0.39, 0.29) is 53.4 Å². The van der Waals surface area contributed by atoms with Crippen LogP contribution in [0.2, 0.25) is 0 Å². The number of esters is 1.